The van der Waals surface area contributed by atoms with Gasteiger partial charge in [0.2, 0.25) is 10.7 Å². The Hall–Kier alpha value is -2.77. The van der Waals surface area contributed by atoms with Crippen LogP contribution in [0.2, 0.25) is 0 Å². The third kappa shape index (κ3) is 4.20. The van der Waals surface area contributed by atoms with E-state index in [1.165, 1.54) is 11.1 Å². The van der Waals surface area contributed by atoms with E-state index < -0.39 is 0 Å². The standard InChI is InChI=1S/C24H27N5OS/c30-23(27-15-12-19-6-4-5-7-21(19)16-27)20-10-13-26(14-11-20)18-29-24(31)28(17-25-29)22-8-2-1-3-9-22/h1-9,17,20H,10-16,18H2. The summed E-state index contributed by atoms with van der Waals surface area (Å²) in [6.45, 7) is 4.03. The maximum atomic E-state index is 13.1. The predicted molar refractivity (Wildman–Crippen MR) is 122 cm³/mol. The zero-order valence-corrected chi connectivity index (χ0v) is 18.4. The number of aromatic nitrogens is 3. The van der Waals surface area contributed by atoms with Crippen molar-refractivity contribution in [3.05, 3.63) is 76.8 Å². The summed E-state index contributed by atoms with van der Waals surface area (Å²) in [5, 5.41) is 4.49. The third-order valence-electron chi connectivity index (χ3n) is 6.48. The molecule has 0 N–H and O–H groups in total. The average Bonchev–Trinajstić information content (AvgIpc) is 3.19. The number of rotatable bonds is 4. The zero-order valence-electron chi connectivity index (χ0n) is 17.6. The lowest BCUT2D eigenvalue weighted by atomic mass is 9.93. The summed E-state index contributed by atoms with van der Waals surface area (Å²) >= 11 is 5.63. The molecule has 0 bridgehead atoms. The van der Waals surface area contributed by atoms with Gasteiger partial charge in [-0.15, -0.1) is 0 Å². The van der Waals surface area contributed by atoms with Crippen LogP contribution in [-0.2, 0) is 24.4 Å². The molecule has 0 saturated carbocycles. The van der Waals surface area contributed by atoms with Crippen LogP contribution in [0.1, 0.15) is 24.0 Å². The number of piperidine rings is 1. The van der Waals surface area contributed by atoms with Gasteiger partial charge in [-0.2, -0.15) is 5.10 Å². The van der Waals surface area contributed by atoms with Crippen LogP contribution in [0.15, 0.2) is 60.9 Å². The van der Waals surface area contributed by atoms with Crippen molar-refractivity contribution in [2.24, 2.45) is 5.92 Å². The minimum atomic E-state index is 0.122. The summed E-state index contributed by atoms with van der Waals surface area (Å²) in [5.41, 5.74) is 3.70. The van der Waals surface area contributed by atoms with Gasteiger partial charge in [-0.1, -0.05) is 42.5 Å². The fourth-order valence-corrected chi connectivity index (χ4v) is 4.91. The molecule has 160 valence electrons. The van der Waals surface area contributed by atoms with Crippen LogP contribution in [0.5, 0.6) is 0 Å². The molecule has 0 spiro atoms. The number of carbonyl (C=O) groups excluding carboxylic acids is 1. The largest absolute Gasteiger partial charge is 0.338 e. The van der Waals surface area contributed by atoms with Crippen LogP contribution < -0.4 is 0 Å². The number of nitrogens with zero attached hydrogens (tertiary/aromatic N) is 5. The van der Waals surface area contributed by atoms with Crippen LogP contribution >= 0.6 is 12.2 Å². The highest BCUT2D eigenvalue weighted by atomic mass is 32.1. The summed E-state index contributed by atoms with van der Waals surface area (Å²) in [6.07, 6.45) is 4.53. The highest BCUT2D eigenvalue weighted by molar-refractivity contribution is 7.71. The lowest BCUT2D eigenvalue weighted by molar-refractivity contribution is -0.138. The molecule has 0 aliphatic carbocycles. The summed E-state index contributed by atoms with van der Waals surface area (Å²) < 4.78 is 4.49. The number of amides is 1. The monoisotopic (exact) mass is 433 g/mol. The van der Waals surface area contributed by atoms with Gasteiger partial charge in [-0.05, 0) is 54.7 Å². The lowest BCUT2D eigenvalue weighted by Gasteiger charge is -2.36. The van der Waals surface area contributed by atoms with Gasteiger partial charge < -0.3 is 4.90 Å². The second-order valence-electron chi connectivity index (χ2n) is 8.43. The quantitative estimate of drug-likeness (QED) is 0.589. The maximum absolute atomic E-state index is 13.1. The van der Waals surface area contributed by atoms with Crippen molar-refractivity contribution >= 4 is 18.1 Å². The molecule has 3 aromatic rings. The van der Waals surface area contributed by atoms with E-state index in [0.29, 0.717) is 17.3 Å². The Kier molecular flexibility index (Phi) is 5.70. The Labute approximate surface area is 187 Å². The molecule has 2 aromatic carbocycles. The molecule has 0 unspecified atom stereocenters. The number of benzene rings is 2. The maximum Gasteiger partial charge on any atom is 0.226 e. The van der Waals surface area contributed by atoms with Gasteiger partial charge in [0, 0.05) is 37.8 Å². The second-order valence-corrected chi connectivity index (χ2v) is 8.80. The summed E-state index contributed by atoms with van der Waals surface area (Å²) in [4.78, 5) is 17.5. The molecule has 7 heteroatoms. The molecule has 0 atom stereocenters. The summed E-state index contributed by atoms with van der Waals surface area (Å²) in [5.74, 6) is 0.440. The molecular formula is C24H27N5OS. The van der Waals surface area contributed by atoms with Gasteiger partial charge in [0.15, 0.2) is 0 Å². The van der Waals surface area contributed by atoms with Gasteiger partial charge in [0.05, 0.1) is 6.67 Å². The molecular weight excluding hydrogens is 406 g/mol. The molecule has 1 saturated heterocycles. The minimum Gasteiger partial charge on any atom is -0.338 e. The van der Waals surface area contributed by atoms with Crippen molar-refractivity contribution < 1.29 is 4.79 Å². The van der Waals surface area contributed by atoms with Crippen molar-refractivity contribution in [3.8, 4) is 5.69 Å². The minimum absolute atomic E-state index is 0.122. The smallest absolute Gasteiger partial charge is 0.226 e. The Morgan fingerprint density at radius 1 is 0.968 bits per heavy atom. The SMILES string of the molecule is O=C(C1CCN(Cn2ncn(-c3ccccc3)c2=S)CC1)N1CCc2ccccc2C1. The van der Waals surface area contributed by atoms with Crippen molar-refractivity contribution in [2.45, 2.75) is 32.5 Å². The molecule has 1 amide bonds. The van der Waals surface area contributed by atoms with E-state index in [-0.39, 0.29) is 5.92 Å². The van der Waals surface area contributed by atoms with Crippen LogP contribution in [0.4, 0.5) is 0 Å². The topological polar surface area (TPSA) is 46.3 Å². The summed E-state index contributed by atoms with van der Waals surface area (Å²) in [6, 6.07) is 18.5. The van der Waals surface area contributed by atoms with Crippen molar-refractivity contribution in [2.75, 3.05) is 19.6 Å². The van der Waals surface area contributed by atoms with E-state index in [4.69, 9.17) is 12.2 Å². The van der Waals surface area contributed by atoms with Crippen LogP contribution in [0.25, 0.3) is 5.69 Å². The summed E-state index contributed by atoms with van der Waals surface area (Å²) in [7, 11) is 0. The first kappa shape index (κ1) is 20.2. The van der Waals surface area contributed by atoms with Crippen molar-refractivity contribution in [1.82, 2.24) is 24.1 Å². The first-order valence-electron chi connectivity index (χ1n) is 11.0. The first-order valence-corrected chi connectivity index (χ1v) is 11.4. The molecule has 2 aliphatic heterocycles. The van der Waals surface area contributed by atoms with Gasteiger partial charge in [0.25, 0.3) is 0 Å². The molecule has 1 aromatic heterocycles. The molecule has 6 nitrogen and oxygen atoms in total. The van der Waals surface area contributed by atoms with E-state index in [1.807, 2.05) is 39.6 Å². The number of carbonyl (C=O) groups is 1. The van der Waals surface area contributed by atoms with Gasteiger partial charge in [-0.25, -0.2) is 4.68 Å². The van der Waals surface area contributed by atoms with E-state index in [1.54, 1.807) is 6.33 Å². The van der Waals surface area contributed by atoms with E-state index >= 15 is 0 Å². The number of para-hydroxylation sites is 1. The van der Waals surface area contributed by atoms with Crippen LogP contribution in [0.3, 0.4) is 0 Å². The molecule has 0 radical (unpaired) electrons. The molecule has 3 heterocycles. The van der Waals surface area contributed by atoms with Gasteiger partial charge in [-0.3, -0.25) is 14.3 Å². The van der Waals surface area contributed by atoms with Crippen LogP contribution in [-0.4, -0.2) is 49.7 Å². The van der Waals surface area contributed by atoms with Gasteiger partial charge >= 0.3 is 0 Å². The fraction of sp³-hybridized carbons (Fsp3) is 0.375. The van der Waals surface area contributed by atoms with E-state index in [0.717, 1.165) is 51.1 Å². The third-order valence-corrected chi connectivity index (χ3v) is 6.89. The van der Waals surface area contributed by atoms with E-state index in [2.05, 4.69) is 39.2 Å². The normalized spacial score (nSPS) is 17.5. The van der Waals surface area contributed by atoms with Crippen molar-refractivity contribution in [3.63, 3.8) is 0 Å². The van der Waals surface area contributed by atoms with Gasteiger partial charge in [0.1, 0.15) is 6.33 Å². The molecule has 5 rings (SSSR count). The molecule has 1 fully saturated rings. The second kappa shape index (κ2) is 8.77. The fourth-order valence-electron chi connectivity index (χ4n) is 4.65. The lowest BCUT2D eigenvalue weighted by Crippen LogP contribution is -2.44. The number of hydrogen-bond acceptors (Lipinski definition) is 4. The Morgan fingerprint density at radius 3 is 2.45 bits per heavy atom. The molecule has 2 aliphatic rings. The predicted octanol–water partition coefficient (Wildman–Crippen LogP) is 3.66. The number of hydrogen-bond donors (Lipinski definition) is 0. The Morgan fingerprint density at radius 2 is 1.68 bits per heavy atom. The van der Waals surface area contributed by atoms with Crippen molar-refractivity contribution in [1.29, 1.82) is 0 Å². The highest BCUT2D eigenvalue weighted by Crippen LogP contribution is 2.25. The van der Waals surface area contributed by atoms with E-state index in [9.17, 15) is 4.79 Å². The number of likely N-dealkylation sites (tertiary alicyclic amines) is 1. The number of fused-ring (bicyclic) bond motifs is 1. The highest BCUT2D eigenvalue weighted by Gasteiger charge is 2.30. The Balaban J connectivity index is 1.18. The first-order chi connectivity index (χ1) is 15.2. The molecule has 31 heavy (non-hydrogen) atoms. The Bertz CT molecular complexity index is 1110. The average molecular weight is 434 g/mol. The zero-order chi connectivity index (χ0) is 21.2. The van der Waals surface area contributed by atoms with Crippen LogP contribution in [0, 0.1) is 10.7 Å².